The molecule has 3 fully saturated rings. The van der Waals surface area contributed by atoms with Gasteiger partial charge >= 0.3 is 11.8 Å². The quantitative estimate of drug-likeness (QED) is 0.660. The zero-order valence-corrected chi connectivity index (χ0v) is 19.5. The summed E-state index contributed by atoms with van der Waals surface area (Å²) in [6.07, 6.45) is 6.64. The Kier molecular flexibility index (Phi) is 7.13. The van der Waals surface area contributed by atoms with Crippen LogP contribution in [-0.2, 0) is 16.1 Å². The fourth-order valence-electron chi connectivity index (χ4n) is 5.23. The van der Waals surface area contributed by atoms with E-state index in [1.165, 1.54) is 32.1 Å². The molecule has 0 unspecified atom stereocenters. The van der Waals surface area contributed by atoms with E-state index in [1.54, 1.807) is 9.80 Å². The summed E-state index contributed by atoms with van der Waals surface area (Å²) in [6, 6.07) is 8.24. The van der Waals surface area contributed by atoms with Crippen molar-refractivity contribution in [3.8, 4) is 0 Å². The van der Waals surface area contributed by atoms with Crippen LogP contribution >= 0.6 is 0 Å². The monoisotopic (exact) mass is 440 g/mol. The lowest BCUT2D eigenvalue weighted by molar-refractivity contribution is -0.157. The summed E-state index contributed by atoms with van der Waals surface area (Å²) >= 11 is 0. The maximum atomic E-state index is 13.0. The molecule has 0 N–H and O–H groups in total. The topological polar surface area (TPSA) is 64.2 Å². The Labute approximate surface area is 191 Å². The first-order valence-electron chi connectivity index (χ1n) is 12.2. The fourth-order valence-corrected chi connectivity index (χ4v) is 5.23. The number of piperazine rings is 2. The van der Waals surface area contributed by atoms with E-state index in [0.29, 0.717) is 31.2 Å². The van der Waals surface area contributed by atoms with Crippen LogP contribution in [0.4, 0.5) is 0 Å². The summed E-state index contributed by atoms with van der Waals surface area (Å²) in [7, 11) is 0. The lowest BCUT2D eigenvalue weighted by atomic mass is 9.94. The van der Waals surface area contributed by atoms with Gasteiger partial charge in [0.05, 0.1) is 0 Å². The lowest BCUT2D eigenvalue weighted by Crippen LogP contribution is -2.55. The van der Waals surface area contributed by atoms with Crippen LogP contribution in [0.3, 0.4) is 0 Å². The second-order valence-electron chi connectivity index (χ2n) is 9.64. The second-order valence-corrected chi connectivity index (χ2v) is 9.64. The Balaban J connectivity index is 1.29. The largest absolute Gasteiger partial charge is 0.336 e. The molecule has 3 aliphatic rings. The van der Waals surface area contributed by atoms with Crippen LogP contribution in [0.1, 0.15) is 61.9 Å². The minimum atomic E-state index is -0.444. The molecule has 4 rings (SSSR count). The van der Waals surface area contributed by atoms with Gasteiger partial charge in [0.15, 0.2) is 0 Å². The highest BCUT2D eigenvalue weighted by atomic mass is 16.2. The van der Waals surface area contributed by atoms with Gasteiger partial charge < -0.3 is 14.7 Å². The molecular weight excluding hydrogens is 404 g/mol. The van der Waals surface area contributed by atoms with Crippen molar-refractivity contribution in [3.63, 3.8) is 0 Å². The fraction of sp³-hybridized carbons (Fsp3) is 0.640. The van der Waals surface area contributed by atoms with E-state index in [2.05, 4.69) is 4.90 Å². The van der Waals surface area contributed by atoms with E-state index in [1.807, 2.05) is 43.0 Å². The third kappa shape index (κ3) is 4.98. The maximum Gasteiger partial charge on any atom is 0.312 e. The molecule has 2 heterocycles. The number of carbonyl (C=O) groups is 3. The first-order valence-corrected chi connectivity index (χ1v) is 12.2. The highest BCUT2D eigenvalue weighted by Gasteiger charge is 2.33. The minimum absolute atomic E-state index is 0.0310. The lowest BCUT2D eigenvalue weighted by Gasteiger charge is -2.40. The van der Waals surface area contributed by atoms with Gasteiger partial charge in [-0.2, -0.15) is 0 Å². The SMILES string of the molecule is CC(C)N1CCN(Cc2ccc(C(=O)N3CCN(C4CCCCC4)CC3)cc2)C(=O)C1=O. The smallest absolute Gasteiger partial charge is 0.312 e. The van der Waals surface area contributed by atoms with Crippen LogP contribution in [0.5, 0.6) is 0 Å². The normalized spacial score (nSPS) is 21.5. The van der Waals surface area contributed by atoms with Gasteiger partial charge in [-0.1, -0.05) is 31.4 Å². The van der Waals surface area contributed by atoms with Crippen LogP contribution in [0, 0.1) is 0 Å². The van der Waals surface area contributed by atoms with Gasteiger partial charge in [0.2, 0.25) is 0 Å². The highest BCUT2D eigenvalue weighted by Crippen LogP contribution is 2.24. The number of carbonyl (C=O) groups excluding carboxylic acids is 3. The van der Waals surface area contributed by atoms with Gasteiger partial charge in [-0.15, -0.1) is 0 Å². The molecule has 0 atom stereocenters. The molecule has 0 bridgehead atoms. The number of amides is 3. The molecule has 1 aromatic carbocycles. The van der Waals surface area contributed by atoms with E-state index in [4.69, 9.17) is 0 Å². The van der Waals surface area contributed by atoms with Crippen LogP contribution in [0.15, 0.2) is 24.3 Å². The number of nitrogens with zero attached hydrogens (tertiary/aromatic N) is 4. The third-order valence-corrected chi connectivity index (χ3v) is 7.23. The summed E-state index contributed by atoms with van der Waals surface area (Å²) in [5.41, 5.74) is 1.62. The highest BCUT2D eigenvalue weighted by molar-refractivity contribution is 6.35. The van der Waals surface area contributed by atoms with Crippen molar-refractivity contribution >= 4 is 17.7 Å². The number of benzene rings is 1. The van der Waals surface area contributed by atoms with E-state index >= 15 is 0 Å². The summed E-state index contributed by atoms with van der Waals surface area (Å²) in [5.74, 6) is -0.789. The van der Waals surface area contributed by atoms with Crippen LogP contribution in [0.25, 0.3) is 0 Å². The molecule has 7 nitrogen and oxygen atoms in total. The van der Waals surface area contributed by atoms with Gasteiger partial charge in [0, 0.05) is 63.5 Å². The molecule has 7 heteroatoms. The summed E-state index contributed by atoms with van der Waals surface area (Å²) in [6.45, 7) is 8.84. The molecular formula is C25H36N4O3. The van der Waals surface area contributed by atoms with Crippen molar-refractivity contribution in [1.82, 2.24) is 19.6 Å². The van der Waals surface area contributed by atoms with Crippen molar-refractivity contribution in [1.29, 1.82) is 0 Å². The number of rotatable bonds is 5. The molecule has 32 heavy (non-hydrogen) atoms. The second kappa shape index (κ2) is 10.0. The van der Waals surface area contributed by atoms with E-state index in [-0.39, 0.29) is 11.9 Å². The van der Waals surface area contributed by atoms with E-state index in [9.17, 15) is 14.4 Å². The Morgan fingerprint density at radius 1 is 0.875 bits per heavy atom. The van der Waals surface area contributed by atoms with Gasteiger partial charge in [-0.3, -0.25) is 19.3 Å². The average molecular weight is 441 g/mol. The zero-order valence-electron chi connectivity index (χ0n) is 19.5. The van der Waals surface area contributed by atoms with Crippen molar-refractivity contribution in [2.24, 2.45) is 0 Å². The van der Waals surface area contributed by atoms with Crippen molar-refractivity contribution in [2.45, 2.75) is 64.6 Å². The molecule has 0 radical (unpaired) electrons. The predicted molar refractivity (Wildman–Crippen MR) is 123 cm³/mol. The number of hydrogen-bond donors (Lipinski definition) is 0. The number of hydrogen-bond acceptors (Lipinski definition) is 4. The molecule has 1 saturated carbocycles. The van der Waals surface area contributed by atoms with E-state index in [0.717, 1.165) is 31.7 Å². The Morgan fingerprint density at radius 3 is 2.16 bits per heavy atom. The summed E-state index contributed by atoms with van der Waals surface area (Å²) in [5, 5.41) is 0. The van der Waals surface area contributed by atoms with Gasteiger partial charge in [-0.05, 0) is 44.4 Å². The van der Waals surface area contributed by atoms with Gasteiger partial charge in [0.25, 0.3) is 5.91 Å². The molecule has 1 aliphatic carbocycles. The maximum absolute atomic E-state index is 13.0. The molecule has 3 amide bonds. The van der Waals surface area contributed by atoms with Crippen molar-refractivity contribution < 1.29 is 14.4 Å². The molecule has 174 valence electrons. The average Bonchev–Trinajstić information content (AvgIpc) is 2.82. The summed E-state index contributed by atoms with van der Waals surface area (Å²) < 4.78 is 0. The molecule has 0 aromatic heterocycles. The molecule has 2 aliphatic heterocycles. The van der Waals surface area contributed by atoms with Crippen LogP contribution in [-0.4, -0.2) is 88.7 Å². The first-order chi connectivity index (χ1) is 15.4. The molecule has 1 aromatic rings. The predicted octanol–water partition coefficient (Wildman–Crippen LogP) is 2.36. The summed E-state index contributed by atoms with van der Waals surface area (Å²) in [4.78, 5) is 45.5. The molecule has 0 spiro atoms. The Bertz CT molecular complexity index is 824. The van der Waals surface area contributed by atoms with Crippen LogP contribution < -0.4 is 0 Å². The van der Waals surface area contributed by atoms with E-state index < -0.39 is 11.8 Å². The first kappa shape index (κ1) is 22.8. The third-order valence-electron chi connectivity index (χ3n) is 7.23. The minimum Gasteiger partial charge on any atom is -0.336 e. The zero-order chi connectivity index (χ0) is 22.7. The van der Waals surface area contributed by atoms with Crippen molar-refractivity contribution in [3.05, 3.63) is 35.4 Å². The van der Waals surface area contributed by atoms with Crippen LogP contribution in [0.2, 0.25) is 0 Å². The standard InChI is InChI=1S/C25H36N4O3/c1-19(2)29-17-16-28(24(31)25(29)32)18-20-8-10-21(11-9-20)23(30)27-14-12-26(13-15-27)22-6-4-3-5-7-22/h8-11,19,22H,3-7,12-18H2,1-2H3. The Hall–Kier alpha value is -2.41. The molecule has 2 saturated heterocycles. The Morgan fingerprint density at radius 2 is 1.53 bits per heavy atom. The van der Waals surface area contributed by atoms with Gasteiger partial charge in [-0.25, -0.2) is 0 Å². The van der Waals surface area contributed by atoms with Gasteiger partial charge in [0.1, 0.15) is 0 Å². The van der Waals surface area contributed by atoms with Crippen molar-refractivity contribution in [2.75, 3.05) is 39.3 Å².